The zero-order chi connectivity index (χ0) is 13.3. The molecule has 0 aliphatic heterocycles. The SMILES string of the molecule is Cc1cc(C(C)Nc2nc(Cl)ncc2Br)c(C)s1. The number of aromatic nitrogens is 2. The minimum absolute atomic E-state index is 0.178. The molecule has 1 N–H and O–H groups in total. The topological polar surface area (TPSA) is 37.8 Å². The second-order valence-corrected chi connectivity index (χ2v) is 6.72. The van der Waals surface area contributed by atoms with Gasteiger partial charge in [-0.25, -0.2) is 4.98 Å². The molecule has 0 radical (unpaired) electrons. The van der Waals surface area contributed by atoms with Crippen LogP contribution in [-0.2, 0) is 0 Å². The highest BCUT2D eigenvalue weighted by atomic mass is 79.9. The molecule has 0 aromatic carbocycles. The Kier molecular flexibility index (Phi) is 4.25. The zero-order valence-corrected chi connectivity index (χ0v) is 13.4. The van der Waals surface area contributed by atoms with Crippen molar-refractivity contribution >= 4 is 44.7 Å². The van der Waals surface area contributed by atoms with Crippen LogP contribution in [0.5, 0.6) is 0 Å². The Morgan fingerprint density at radius 1 is 1.44 bits per heavy atom. The van der Waals surface area contributed by atoms with Gasteiger partial charge in [-0.2, -0.15) is 4.98 Å². The number of rotatable bonds is 3. The Hall–Kier alpha value is -0.650. The van der Waals surface area contributed by atoms with Gasteiger partial charge in [-0.1, -0.05) is 0 Å². The van der Waals surface area contributed by atoms with E-state index in [1.165, 1.54) is 15.3 Å². The fourth-order valence-corrected chi connectivity index (χ4v) is 3.27. The first-order valence-corrected chi connectivity index (χ1v) is 7.47. The average molecular weight is 347 g/mol. The highest BCUT2D eigenvalue weighted by Crippen LogP contribution is 2.30. The standard InChI is InChI=1S/C12H13BrClN3S/c1-6-4-9(8(3)18-6)7(2)16-11-10(13)5-15-12(14)17-11/h4-5,7H,1-3H3,(H,15,16,17). The van der Waals surface area contributed by atoms with E-state index in [9.17, 15) is 0 Å². The Morgan fingerprint density at radius 2 is 2.17 bits per heavy atom. The lowest BCUT2D eigenvalue weighted by Crippen LogP contribution is -2.09. The third kappa shape index (κ3) is 3.02. The van der Waals surface area contributed by atoms with Crippen LogP contribution in [-0.4, -0.2) is 9.97 Å². The third-order valence-electron chi connectivity index (χ3n) is 2.61. The zero-order valence-electron chi connectivity index (χ0n) is 10.3. The molecule has 6 heteroatoms. The van der Waals surface area contributed by atoms with Gasteiger partial charge < -0.3 is 5.32 Å². The molecule has 96 valence electrons. The first-order valence-electron chi connectivity index (χ1n) is 5.49. The highest BCUT2D eigenvalue weighted by Gasteiger charge is 2.13. The highest BCUT2D eigenvalue weighted by molar-refractivity contribution is 9.10. The molecule has 0 saturated carbocycles. The van der Waals surface area contributed by atoms with Crippen molar-refractivity contribution in [2.45, 2.75) is 26.8 Å². The monoisotopic (exact) mass is 345 g/mol. The van der Waals surface area contributed by atoms with Crippen molar-refractivity contribution in [2.75, 3.05) is 5.32 Å². The number of halogens is 2. The molecule has 1 unspecified atom stereocenters. The lowest BCUT2D eigenvalue weighted by atomic mass is 10.1. The molecule has 2 rings (SSSR count). The van der Waals surface area contributed by atoms with Crippen molar-refractivity contribution in [2.24, 2.45) is 0 Å². The summed E-state index contributed by atoms with van der Waals surface area (Å²) < 4.78 is 0.809. The summed E-state index contributed by atoms with van der Waals surface area (Å²) in [7, 11) is 0. The van der Waals surface area contributed by atoms with Gasteiger partial charge in [-0.3, -0.25) is 0 Å². The number of hydrogen-bond acceptors (Lipinski definition) is 4. The smallest absolute Gasteiger partial charge is 0.224 e. The van der Waals surface area contributed by atoms with Crippen LogP contribution in [0.3, 0.4) is 0 Å². The van der Waals surface area contributed by atoms with Crippen LogP contribution in [0, 0.1) is 13.8 Å². The van der Waals surface area contributed by atoms with Gasteiger partial charge in [0, 0.05) is 16.0 Å². The minimum atomic E-state index is 0.178. The van der Waals surface area contributed by atoms with Gasteiger partial charge in [0.05, 0.1) is 10.5 Å². The van der Waals surface area contributed by atoms with Crippen LogP contribution in [0.25, 0.3) is 0 Å². The van der Waals surface area contributed by atoms with E-state index in [0.29, 0.717) is 5.82 Å². The average Bonchev–Trinajstić information content (AvgIpc) is 2.63. The molecule has 1 atom stereocenters. The molecule has 18 heavy (non-hydrogen) atoms. The summed E-state index contributed by atoms with van der Waals surface area (Å²) in [6.45, 7) is 6.36. The Labute approximate surface area is 124 Å². The van der Waals surface area contributed by atoms with E-state index < -0.39 is 0 Å². The summed E-state index contributed by atoms with van der Waals surface area (Å²) in [6, 6.07) is 2.38. The number of aryl methyl sites for hydroxylation is 2. The van der Waals surface area contributed by atoms with Crippen LogP contribution < -0.4 is 5.32 Å². The van der Waals surface area contributed by atoms with E-state index in [0.717, 1.165) is 4.47 Å². The Morgan fingerprint density at radius 3 is 2.78 bits per heavy atom. The van der Waals surface area contributed by atoms with Gasteiger partial charge in [0.25, 0.3) is 0 Å². The first kappa shape index (κ1) is 13.8. The van der Waals surface area contributed by atoms with E-state index in [4.69, 9.17) is 11.6 Å². The molecule has 2 aromatic heterocycles. The van der Waals surface area contributed by atoms with Crippen molar-refractivity contribution in [3.8, 4) is 0 Å². The first-order chi connectivity index (χ1) is 8.47. The maximum absolute atomic E-state index is 5.80. The largest absolute Gasteiger partial charge is 0.362 e. The predicted molar refractivity (Wildman–Crippen MR) is 80.6 cm³/mol. The molecular weight excluding hydrogens is 334 g/mol. The summed E-state index contributed by atoms with van der Waals surface area (Å²) in [6.07, 6.45) is 1.65. The van der Waals surface area contributed by atoms with E-state index in [-0.39, 0.29) is 11.3 Å². The normalized spacial score (nSPS) is 12.5. The van der Waals surface area contributed by atoms with Gasteiger partial charge >= 0.3 is 0 Å². The fourth-order valence-electron chi connectivity index (χ4n) is 1.81. The van der Waals surface area contributed by atoms with Crippen molar-refractivity contribution in [1.82, 2.24) is 9.97 Å². The summed E-state index contributed by atoms with van der Waals surface area (Å²) >= 11 is 11.0. The van der Waals surface area contributed by atoms with Gasteiger partial charge in [-0.15, -0.1) is 11.3 Å². The van der Waals surface area contributed by atoms with Crippen LogP contribution in [0.1, 0.15) is 28.3 Å². The Bertz CT molecular complexity index is 570. The molecule has 0 saturated heterocycles. The number of anilines is 1. The summed E-state index contributed by atoms with van der Waals surface area (Å²) in [5, 5.41) is 3.59. The predicted octanol–water partition coefficient (Wildman–Crippen LogP) is 4.74. The molecule has 0 amide bonds. The summed E-state index contributed by atoms with van der Waals surface area (Å²) in [5.41, 5.74) is 1.29. The molecule has 0 fully saturated rings. The van der Waals surface area contributed by atoms with Gasteiger partial charge in [0.2, 0.25) is 5.28 Å². The van der Waals surface area contributed by atoms with Crippen LogP contribution in [0.15, 0.2) is 16.7 Å². The molecule has 0 spiro atoms. The van der Waals surface area contributed by atoms with Crippen LogP contribution in [0.2, 0.25) is 5.28 Å². The van der Waals surface area contributed by atoms with Gasteiger partial charge in [0.15, 0.2) is 0 Å². The van der Waals surface area contributed by atoms with Crippen molar-refractivity contribution in [3.05, 3.63) is 37.3 Å². The third-order valence-corrected chi connectivity index (χ3v) is 4.36. The van der Waals surface area contributed by atoms with Gasteiger partial charge in [0.1, 0.15) is 5.82 Å². The van der Waals surface area contributed by atoms with Crippen LogP contribution >= 0.6 is 38.9 Å². The molecule has 0 aliphatic rings. The number of nitrogens with zero attached hydrogens (tertiary/aromatic N) is 2. The number of thiophene rings is 1. The minimum Gasteiger partial charge on any atom is -0.362 e. The molecule has 0 aliphatic carbocycles. The summed E-state index contributed by atoms with van der Waals surface area (Å²) in [5.74, 6) is 0.714. The second kappa shape index (κ2) is 5.55. The molecule has 2 aromatic rings. The quantitative estimate of drug-likeness (QED) is 0.815. The number of hydrogen-bond donors (Lipinski definition) is 1. The van der Waals surface area contributed by atoms with E-state index in [1.807, 2.05) is 0 Å². The van der Waals surface area contributed by atoms with Crippen molar-refractivity contribution in [1.29, 1.82) is 0 Å². The molecule has 2 heterocycles. The van der Waals surface area contributed by atoms with Crippen molar-refractivity contribution < 1.29 is 0 Å². The summed E-state index contributed by atoms with van der Waals surface area (Å²) in [4.78, 5) is 10.7. The van der Waals surface area contributed by atoms with Gasteiger partial charge in [-0.05, 0) is 59.9 Å². The van der Waals surface area contributed by atoms with E-state index in [2.05, 4.69) is 58.1 Å². The molecular formula is C12H13BrClN3S. The fraction of sp³-hybridized carbons (Fsp3) is 0.333. The molecule has 3 nitrogen and oxygen atoms in total. The number of nitrogens with one attached hydrogen (secondary N) is 1. The van der Waals surface area contributed by atoms with E-state index in [1.54, 1.807) is 17.5 Å². The second-order valence-electron chi connectivity index (χ2n) is 4.07. The lowest BCUT2D eigenvalue weighted by Gasteiger charge is -2.15. The van der Waals surface area contributed by atoms with Crippen molar-refractivity contribution in [3.63, 3.8) is 0 Å². The lowest BCUT2D eigenvalue weighted by molar-refractivity contribution is 0.867. The van der Waals surface area contributed by atoms with E-state index >= 15 is 0 Å². The Balaban J connectivity index is 2.23. The van der Waals surface area contributed by atoms with Crippen LogP contribution in [0.4, 0.5) is 5.82 Å². The maximum Gasteiger partial charge on any atom is 0.224 e. The molecule has 0 bridgehead atoms. The maximum atomic E-state index is 5.80.